The third-order valence-corrected chi connectivity index (χ3v) is 5.02. The van der Waals surface area contributed by atoms with Crippen LogP contribution in [0.3, 0.4) is 0 Å². The summed E-state index contributed by atoms with van der Waals surface area (Å²) in [5, 5.41) is 1.88. The number of piperidine rings is 1. The van der Waals surface area contributed by atoms with Crippen molar-refractivity contribution in [3.8, 4) is 11.5 Å². The molecular formula is C21H27NO3. The molecule has 134 valence electrons. The van der Waals surface area contributed by atoms with Crippen LogP contribution in [0.5, 0.6) is 11.5 Å². The highest BCUT2D eigenvalue weighted by atomic mass is 16.5. The number of hydrogen-bond acceptors (Lipinski definition) is 4. The van der Waals surface area contributed by atoms with E-state index in [9.17, 15) is 4.79 Å². The number of nitrogens with zero attached hydrogens (tertiary/aromatic N) is 1. The Morgan fingerprint density at radius 3 is 2.36 bits per heavy atom. The van der Waals surface area contributed by atoms with Gasteiger partial charge in [-0.25, -0.2) is 0 Å². The fourth-order valence-electron chi connectivity index (χ4n) is 3.48. The maximum atomic E-state index is 12.6. The normalized spacial score (nSPS) is 16.1. The van der Waals surface area contributed by atoms with Crippen LogP contribution in [0.25, 0.3) is 10.8 Å². The molecule has 0 bridgehead atoms. The van der Waals surface area contributed by atoms with Crippen LogP contribution in [0.1, 0.15) is 32.6 Å². The first-order valence-corrected chi connectivity index (χ1v) is 9.22. The van der Waals surface area contributed by atoms with Gasteiger partial charge in [-0.15, -0.1) is 0 Å². The number of likely N-dealkylation sites (tertiary alicyclic amines) is 1. The Morgan fingerprint density at radius 1 is 1.08 bits per heavy atom. The molecule has 4 nitrogen and oxygen atoms in total. The van der Waals surface area contributed by atoms with Crippen molar-refractivity contribution in [2.45, 2.75) is 32.6 Å². The predicted octanol–water partition coefficient (Wildman–Crippen LogP) is 4.27. The first-order chi connectivity index (χ1) is 12.2. The van der Waals surface area contributed by atoms with E-state index >= 15 is 0 Å². The Labute approximate surface area is 149 Å². The van der Waals surface area contributed by atoms with Gasteiger partial charge in [-0.3, -0.25) is 4.79 Å². The van der Waals surface area contributed by atoms with Crippen LogP contribution in [0.15, 0.2) is 36.4 Å². The number of hydrogen-bond donors (Lipinski definition) is 0. The second kappa shape index (κ2) is 8.34. The molecule has 0 saturated carbocycles. The molecule has 1 aliphatic heterocycles. The summed E-state index contributed by atoms with van der Waals surface area (Å²) in [6.45, 7) is 5.33. The van der Waals surface area contributed by atoms with Crippen molar-refractivity contribution in [2.24, 2.45) is 5.92 Å². The van der Waals surface area contributed by atoms with Crippen LogP contribution in [0.2, 0.25) is 0 Å². The van der Waals surface area contributed by atoms with E-state index in [1.54, 1.807) is 7.11 Å². The third kappa shape index (κ3) is 4.13. The zero-order valence-corrected chi connectivity index (χ0v) is 15.2. The summed E-state index contributed by atoms with van der Waals surface area (Å²) < 4.78 is 11.2. The molecular weight excluding hydrogens is 314 g/mol. The molecule has 1 heterocycles. The molecule has 1 aliphatic rings. The van der Waals surface area contributed by atoms with Crippen molar-refractivity contribution >= 4 is 16.7 Å². The van der Waals surface area contributed by atoms with E-state index in [1.165, 1.54) is 12.8 Å². The Kier molecular flexibility index (Phi) is 5.92. The molecule has 0 radical (unpaired) electrons. The quantitative estimate of drug-likeness (QED) is 0.581. The van der Waals surface area contributed by atoms with Gasteiger partial charge in [0.1, 0.15) is 11.5 Å². The lowest BCUT2D eigenvalue weighted by atomic mass is 9.97. The van der Waals surface area contributed by atoms with Gasteiger partial charge in [0.15, 0.2) is 0 Å². The van der Waals surface area contributed by atoms with Crippen molar-refractivity contribution in [3.63, 3.8) is 0 Å². The minimum Gasteiger partial charge on any atom is -0.496 e. The molecule has 2 aromatic carbocycles. The summed E-state index contributed by atoms with van der Waals surface area (Å²) in [6, 6.07) is 11.5. The van der Waals surface area contributed by atoms with Gasteiger partial charge in [-0.05, 0) is 51.0 Å². The van der Waals surface area contributed by atoms with Crippen molar-refractivity contribution < 1.29 is 14.3 Å². The molecule has 0 spiro atoms. The number of benzene rings is 2. The summed E-state index contributed by atoms with van der Waals surface area (Å²) in [7, 11) is 1.65. The molecule has 2 aromatic rings. The van der Waals surface area contributed by atoms with E-state index in [0.29, 0.717) is 5.75 Å². The molecule has 0 aromatic heterocycles. The van der Waals surface area contributed by atoms with Crippen LogP contribution in [0.4, 0.5) is 0 Å². The standard InChI is InChI=1S/C21H27NO3/c1-3-4-13-22-14-11-16(12-15-22)21(23)25-20-10-9-19(24-2)17-7-5-6-8-18(17)20/h5-10,16H,3-4,11-15H2,1-2H3. The van der Waals surface area contributed by atoms with E-state index in [-0.39, 0.29) is 11.9 Å². The van der Waals surface area contributed by atoms with Gasteiger partial charge < -0.3 is 14.4 Å². The average molecular weight is 341 g/mol. The molecule has 0 atom stereocenters. The van der Waals surface area contributed by atoms with E-state index < -0.39 is 0 Å². The first-order valence-electron chi connectivity index (χ1n) is 9.22. The molecule has 0 aliphatic carbocycles. The van der Waals surface area contributed by atoms with Gasteiger partial charge in [-0.1, -0.05) is 37.6 Å². The molecule has 3 rings (SSSR count). The van der Waals surface area contributed by atoms with E-state index in [0.717, 1.165) is 49.0 Å². The van der Waals surface area contributed by atoms with Gasteiger partial charge >= 0.3 is 5.97 Å². The number of rotatable bonds is 6. The van der Waals surface area contributed by atoms with Crippen molar-refractivity contribution in [1.29, 1.82) is 0 Å². The second-order valence-corrected chi connectivity index (χ2v) is 6.70. The van der Waals surface area contributed by atoms with Gasteiger partial charge in [0.2, 0.25) is 0 Å². The number of unbranched alkanes of at least 4 members (excludes halogenated alkanes) is 1. The Hall–Kier alpha value is -2.07. The number of ether oxygens (including phenoxy) is 2. The molecule has 1 fully saturated rings. The Balaban J connectivity index is 1.67. The molecule has 0 N–H and O–H groups in total. The van der Waals surface area contributed by atoms with Crippen LogP contribution in [0, 0.1) is 5.92 Å². The van der Waals surface area contributed by atoms with Gasteiger partial charge in [0.05, 0.1) is 13.0 Å². The summed E-state index contributed by atoms with van der Waals surface area (Å²) in [6.07, 6.45) is 4.22. The largest absolute Gasteiger partial charge is 0.496 e. The second-order valence-electron chi connectivity index (χ2n) is 6.70. The summed E-state index contributed by atoms with van der Waals surface area (Å²) >= 11 is 0. The van der Waals surface area contributed by atoms with Gasteiger partial charge in [0.25, 0.3) is 0 Å². The lowest BCUT2D eigenvalue weighted by Crippen LogP contribution is -2.38. The number of carbonyl (C=O) groups excluding carboxylic acids is 1. The van der Waals surface area contributed by atoms with Crippen molar-refractivity contribution in [1.82, 2.24) is 4.90 Å². The van der Waals surface area contributed by atoms with E-state index in [1.807, 2.05) is 36.4 Å². The van der Waals surface area contributed by atoms with Gasteiger partial charge in [0, 0.05) is 10.8 Å². The zero-order valence-electron chi connectivity index (χ0n) is 15.2. The van der Waals surface area contributed by atoms with Gasteiger partial charge in [-0.2, -0.15) is 0 Å². The fourth-order valence-corrected chi connectivity index (χ4v) is 3.48. The molecule has 25 heavy (non-hydrogen) atoms. The highest BCUT2D eigenvalue weighted by Crippen LogP contribution is 2.33. The van der Waals surface area contributed by atoms with Crippen molar-refractivity contribution in [2.75, 3.05) is 26.7 Å². The zero-order chi connectivity index (χ0) is 17.6. The topological polar surface area (TPSA) is 38.8 Å². The number of methoxy groups -OCH3 is 1. The summed E-state index contributed by atoms with van der Waals surface area (Å²) in [5.41, 5.74) is 0. The number of esters is 1. The minimum atomic E-state index is -0.106. The van der Waals surface area contributed by atoms with Crippen LogP contribution >= 0.6 is 0 Å². The van der Waals surface area contributed by atoms with Crippen molar-refractivity contribution in [3.05, 3.63) is 36.4 Å². The average Bonchev–Trinajstić information content (AvgIpc) is 2.67. The predicted molar refractivity (Wildman–Crippen MR) is 100 cm³/mol. The fraction of sp³-hybridized carbons (Fsp3) is 0.476. The van der Waals surface area contributed by atoms with Crippen LogP contribution in [-0.4, -0.2) is 37.6 Å². The number of carbonyl (C=O) groups is 1. The Morgan fingerprint density at radius 2 is 1.72 bits per heavy atom. The Bertz CT molecular complexity index is 720. The lowest BCUT2D eigenvalue weighted by Gasteiger charge is -2.30. The van der Waals surface area contributed by atoms with E-state index in [4.69, 9.17) is 9.47 Å². The molecule has 4 heteroatoms. The monoisotopic (exact) mass is 341 g/mol. The summed E-state index contributed by atoms with van der Waals surface area (Å²) in [5.74, 6) is 1.30. The highest BCUT2D eigenvalue weighted by Gasteiger charge is 2.26. The highest BCUT2D eigenvalue weighted by molar-refractivity contribution is 5.94. The smallest absolute Gasteiger partial charge is 0.314 e. The van der Waals surface area contributed by atoms with Crippen LogP contribution in [-0.2, 0) is 4.79 Å². The maximum absolute atomic E-state index is 12.6. The van der Waals surface area contributed by atoms with E-state index in [2.05, 4.69) is 11.8 Å². The SMILES string of the molecule is CCCCN1CCC(C(=O)Oc2ccc(OC)c3ccccc23)CC1. The molecule has 1 saturated heterocycles. The third-order valence-electron chi connectivity index (χ3n) is 5.02. The maximum Gasteiger partial charge on any atom is 0.314 e. The molecule has 0 unspecified atom stereocenters. The lowest BCUT2D eigenvalue weighted by molar-refractivity contribution is -0.140. The number of fused-ring (bicyclic) bond motifs is 1. The first kappa shape index (κ1) is 17.7. The van der Waals surface area contributed by atoms with Crippen LogP contribution < -0.4 is 9.47 Å². The summed E-state index contributed by atoms with van der Waals surface area (Å²) in [4.78, 5) is 15.1. The minimum absolute atomic E-state index is 0.00117. The molecule has 0 amide bonds.